The van der Waals surface area contributed by atoms with Crippen LogP contribution in [-0.2, 0) is 9.59 Å². The predicted octanol–water partition coefficient (Wildman–Crippen LogP) is -0.692. The van der Waals surface area contributed by atoms with Gasteiger partial charge in [0.15, 0.2) is 0 Å². The van der Waals surface area contributed by atoms with Crippen molar-refractivity contribution >= 4 is 18.0 Å². The summed E-state index contributed by atoms with van der Waals surface area (Å²) in [6, 6.07) is -1.92. The van der Waals surface area contributed by atoms with Crippen LogP contribution in [0.5, 0.6) is 0 Å². The highest BCUT2D eigenvalue weighted by molar-refractivity contribution is 5.86. The van der Waals surface area contributed by atoms with Crippen LogP contribution in [-0.4, -0.2) is 65.3 Å². The molecule has 0 bridgehead atoms. The van der Waals surface area contributed by atoms with Crippen LogP contribution in [0.3, 0.4) is 0 Å². The number of carboxylic acid groups (broad SMARTS) is 2. The molecule has 0 unspecified atom stereocenters. The first-order valence-corrected chi connectivity index (χ1v) is 6.10. The second-order valence-electron chi connectivity index (χ2n) is 4.53. The average molecular weight is 273 g/mol. The first-order valence-electron chi connectivity index (χ1n) is 6.10. The van der Waals surface area contributed by atoms with Crippen LogP contribution in [0.4, 0.5) is 4.79 Å². The summed E-state index contributed by atoms with van der Waals surface area (Å²) in [6.45, 7) is 1.61. The minimum absolute atomic E-state index is 0.0422. The summed E-state index contributed by atoms with van der Waals surface area (Å²) in [4.78, 5) is 34.7. The Morgan fingerprint density at radius 2 is 1.89 bits per heavy atom. The third-order valence-corrected chi connectivity index (χ3v) is 3.15. The molecule has 1 saturated heterocycles. The number of amides is 2. The Bertz CT molecular complexity index is 354. The number of carbonyl (C=O) groups excluding carboxylic acids is 1. The highest BCUT2D eigenvalue weighted by atomic mass is 16.4. The van der Waals surface area contributed by atoms with E-state index < -0.39 is 30.4 Å². The maximum Gasteiger partial charge on any atom is 0.326 e. The third kappa shape index (κ3) is 4.74. The standard InChI is InChI=1S/C11H19N3O5/c1-14(7-2-4-12-5-3-7)11(19)13-8(10(17)18)6-9(15)16/h7-8,12H,2-6H2,1H3,(H,13,19)(H,15,16)(H,17,18)/t8-/m1/s1. The fourth-order valence-corrected chi connectivity index (χ4v) is 1.99. The van der Waals surface area contributed by atoms with Crippen LogP contribution < -0.4 is 10.6 Å². The molecule has 0 aliphatic carbocycles. The molecule has 19 heavy (non-hydrogen) atoms. The molecular formula is C11H19N3O5. The maximum atomic E-state index is 11.9. The summed E-state index contributed by atoms with van der Waals surface area (Å²) in [6.07, 6.45) is 0.947. The summed E-state index contributed by atoms with van der Waals surface area (Å²) < 4.78 is 0. The highest BCUT2D eigenvalue weighted by Crippen LogP contribution is 2.10. The molecular weight excluding hydrogens is 254 g/mol. The molecule has 1 atom stereocenters. The number of nitrogens with one attached hydrogen (secondary N) is 2. The molecule has 0 aromatic rings. The number of urea groups is 1. The number of rotatable bonds is 5. The van der Waals surface area contributed by atoms with E-state index in [9.17, 15) is 14.4 Å². The lowest BCUT2D eigenvalue weighted by atomic mass is 10.1. The van der Waals surface area contributed by atoms with Crippen molar-refractivity contribution in [2.45, 2.75) is 31.3 Å². The quantitative estimate of drug-likeness (QED) is 0.526. The zero-order valence-electron chi connectivity index (χ0n) is 10.8. The molecule has 4 N–H and O–H groups in total. The number of piperidine rings is 1. The topological polar surface area (TPSA) is 119 Å². The van der Waals surface area contributed by atoms with Crippen molar-refractivity contribution in [3.05, 3.63) is 0 Å². The lowest BCUT2D eigenvalue weighted by Gasteiger charge is -2.32. The van der Waals surface area contributed by atoms with Gasteiger partial charge in [0.05, 0.1) is 6.42 Å². The van der Waals surface area contributed by atoms with E-state index in [1.165, 1.54) is 4.90 Å². The van der Waals surface area contributed by atoms with Crippen LogP contribution in [0.1, 0.15) is 19.3 Å². The molecule has 108 valence electrons. The molecule has 1 aliphatic heterocycles. The van der Waals surface area contributed by atoms with Gasteiger partial charge >= 0.3 is 18.0 Å². The van der Waals surface area contributed by atoms with E-state index >= 15 is 0 Å². The molecule has 1 rings (SSSR count). The van der Waals surface area contributed by atoms with E-state index in [0.717, 1.165) is 25.9 Å². The number of hydrogen-bond acceptors (Lipinski definition) is 4. The van der Waals surface area contributed by atoms with Crippen molar-refractivity contribution in [1.29, 1.82) is 0 Å². The fraction of sp³-hybridized carbons (Fsp3) is 0.727. The van der Waals surface area contributed by atoms with Gasteiger partial charge in [-0.3, -0.25) is 4.79 Å². The molecule has 0 saturated carbocycles. The Morgan fingerprint density at radius 1 is 1.32 bits per heavy atom. The van der Waals surface area contributed by atoms with Gasteiger partial charge in [-0.15, -0.1) is 0 Å². The largest absolute Gasteiger partial charge is 0.481 e. The molecule has 0 aromatic carbocycles. The molecule has 8 heteroatoms. The van der Waals surface area contributed by atoms with E-state index in [1.807, 2.05) is 0 Å². The van der Waals surface area contributed by atoms with Gasteiger partial charge in [-0.05, 0) is 25.9 Å². The Labute approximate surface area is 110 Å². The van der Waals surface area contributed by atoms with Crippen molar-refractivity contribution in [3.8, 4) is 0 Å². The van der Waals surface area contributed by atoms with Gasteiger partial charge < -0.3 is 25.7 Å². The van der Waals surface area contributed by atoms with E-state index in [4.69, 9.17) is 10.2 Å². The fourth-order valence-electron chi connectivity index (χ4n) is 1.99. The highest BCUT2D eigenvalue weighted by Gasteiger charge is 2.27. The van der Waals surface area contributed by atoms with Gasteiger partial charge in [0.25, 0.3) is 0 Å². The van der Waals surface area contributed by atoms with Crippen molar-refractivity contribution in [2.75, 3.05) is 20.1 Å². The molecule has 8 nitrogen and oxygen atoms in total. The number of aliphatic carboxylic acids is 2. The number of carbonyl (C=O) groups is 3. The number of nitrogens with zero attached hydrogens (tertiary/aromatic N) is 1. The minimum atomic E-state index is -1.41. The van der Waals surface area contributed by atoms with Gasteiger partial charge in [-0.1, -0.05) is 0 Å². The van der Waals surface area contributed by atoms with Crippen molar-refractivity contribution < 1.29 is 24.6 Å². The van der Waals surface area contributed by atoms with E-state index in [-0.39, 0.29) is 6.04 Å². The van der Waals surface area contributed by atoms with Gasteiger partial charge in [0, 0.05) is 13.1 Å². The molecule has 0 aromatic heterocycles. The molecule has 2 amide bonds. The van der Waals surface area contributed by atoms with Crippen LogP contribution in [0.25, 0.3) is 0 Å². The van der Waals surface area contributed by atoms with Crippen molar-refractivity contribution in [2.24, 2.45) is 0 Å². The average Bonchev–Trinajstić information content (AvgIpc) is 2.37. The normalized spacial score (nSPS) is 17.5. The molecule has 1 aliphatic rings. The smallest absolute Gasteiger partial charge is 0.326 e. The van der Waals surface area contributed by atoms with Gasteiger partial charge in [-0.2, -0.15) is 0 Å². The summed E-state index contributed by atoms with van der Waals surface area (Å²) in [7, 11) is 1.59. The van der Waals surface area contributed by atoms with E-state index in [2.05, 4.69) is 10.6 Å². The second-order valence-corrected chi connectivity index (χ2v) is 4.53. The van der Waals surface area contributed by atoms with E-state index in [0.29, 0.717) is 0 Å². The Hall–Kier alpha value is -1.83. The monoisotopic (exact) mass is 273 g/mol. The first-order chi connectivity index (χ1) is 8.91. The van der Waals surface area contributed by atoms with Gasteiger partial charge in [-0.25, -0.2) is 9.59 Å². The van der Waals surface area contributed by atoms with Crippen molar-refractivity contribution in [3.63, 3.8) is 0 Å². The summed E-state index contributed by atoms with van der Waals surface area (Å²) in [5.41, 5.74) is 0. The lowest BCUT2D eigenvalue weighted by molar-refractivity contribution is -0.145. The van der Waals surface area contributed by atoms with Crippen molar-refractivity contribution in [1.82, 2.24) is 15.5 Å². The zero-order chi connectivity index (χ0) is 14.4. The summed E-state index contributed by atoms with van der Waals surface area (Å²) >= 11 is 0. The van der Waals surface area contributed by atoms with Crippen LogP contribution >= 0.6 is 0 Å². The Kier molecular flexibility index (Phi) is 5.56. The lowest BCUT2D eigenvalue weighted by Crippen LogP contribution is -2.52. The van der Waals surface area contributed by atoms with Gasteiger partial charge in [0.1, 0.15) is 6.04 Å². The zero-order valence-corrected chi connectivity index (χ0v) is 10.8. The number of carboxylic acids is 2. The Balaban J connectivity index is 2.55. The summed E-state index contributed by atoms with van der Waals surface area (Å²) in [5.74, 6) is -2.62. The maximum absolute atomic E-state index is 11.9. The molecule has 1 fully saturated rings. The first kappa shape index (κ1) is 15.2. The Morgan fingerprint density at radius 3 is 2.37 bits per heavy atom. The third-order valence-electron chi connectivity index (χ3n) is 3.15. The minimum Gasteiger partial charge on any atom is -0.481 e. The van der Waals surface area contributed by atoms with Crippen LogP contribution in [0, 0.1) is 0 Å². The molecule has 0 spiro atoms. The van der Waals surface area contributed by atoms with Gasteiger partial charge in [0.2, 0.25) is 0 Å². The molecule has 0 radical (unpaired) electrons. The number of hydrogen-bond donors (Lipinski definition) is 4. The SMILES string of the molecule is CN(C(=O)N[C@H](CC(=O)O)C(=O)O)C1CCNCC1. The van der Waals surface area contributed by atoms with Crippen LogP contribution in [0.2, 0.25) is 0 Å². The van der Waals surface area contributed by atoms with E-state index in [1.54, 1.807) is 7.05 Å². The second kappa shape index (κ2) is 6.93. The molecule has 1 heterocycles. The predicted molar refractivity (Wildman–Crippen MR) is 65.9 cm³/mol. The van der Waals surface area contributed by atoms with Crippen LogP contribution in [0.15, 0.2) is 0 Å². The summed E-state index contributed by atoms with van der Waals surface area (Å²) in [5, 5.41) is 22.8.